The maximum Gasteiger partial charge on any atom is 0.276 e. The molecule has 1 N–H and O–H groups in total. The second-order valence-corrected chi connectivity index (χ2v) is 5.65. The first-order valence-electron chi connectivity index (χ1n) is 7.82. The predicted octanol–water partition coefficient (Wildman–Crippen LogP) is 1.61. The molecule has 0 aromatic carbocycles. The molecule has 23 heavy (non-hydrogen) atoms. The predicted molar refractivity (Wildman–Crippen MR) is 85.0 cm³/mol. The normalized spacial score (nSPS) is 11.0. The van der Waals surface area contributed by atoms with Crippen LogP contribution in [0.1, 0.15) is 46.5 Å². The first kappa shape index (κ1) is 17.2. The number of nitrogens with zero attached hydrogens (tertiary/aromatic N) is 4. The van der Waals surface area contributed by atoms with Gasteiger partial charge in [-0.1, -0.05) is 12.1 Å². The maximum absolute atomic E-state index is 12.7. The van der Waals surface area contributed by atoms with Crippen molar-refractivity contribution in [2.75, 3.05) is 13.2 Å². The van der Waals surface area contributed by atoms with E-state index in [4.69, 9.17) is 4.52 Å². The summed E-state index contributed by atoms with van der Waals surface area (Å²) in [5, 5.41) is 17.5. The Bertz CT molecular complexity index is 675. The van der Waals surface area contributed by atoms with Gasteiger partial charge in [-0.3, -0.25) is 9.48 Å². The number of carbonyl (C=O) groups excluding carboxylic acids is 1. The largest absolute Gasteiger partial charge is 0.395 e. The summed E-state index contributed by atoms with van der Waals surface area (Å²) in [7, 11) is 1.87. The lowest BCUT2D eigenvalue weighted by Gasteiger charge is -2.20. The maximum atomic E-state index is 12.7. The number of carbonyl (C=O) groups is 1. The molecule has 0 aliphatic carbocycles. The number of aliphatic hydroxyl groups is 1. The highest BCUT2D eigenvalue weighted by molar-refractivity contribution is 5.92. The Labute approximate surface area is 135 Å². The van der Waals surface area contributed by atoms with Crippen molar-refractivity contribution in [2.24, 2.45) is 7.05 Å². The van der Waals surface area contributed by atoms with Crippen molar-refractivity contribution >= 4 is 5.91 Å². The van der Waals surface area contributed by atoms with E-state index in [9.17, 15) is 9.90 Å². The Balaban J connectivity index is 2.21. The third-order valence-electron chi connectivity index (χ3n) is 3.94. The van der Waals surface area contributed by atoms with Crippen LogP contribution in [0, 0.1) is 13.8 Å². The van der Waals surface area contributed by atoms with Crippen LogP contribution in [0.2, 0.25) is 0 Å². The highest BCUT2D eigenvalue weighted by atomic mass is 16.5. The molecule has 126 valence electrons. The topological polar surface area (TPSA) is 84.4 Å². The smallest absolute Gasteiger partial charge is 0.276 e. The minimum atomic E-state index is -0.243. The van der Waals surface area contributed by atoms with E-state index < -0.39 is 0 Å². The van der Waals surface area contributed by atoms with Gasteiger partial charge in [0.2, 0.25) is 0 Å². The van der Waals surface area contributed by atoms with Crippen LogP contribution in [0.3, 0.4) is 0 Å². The van der Waals surface area contributed by atoms with E-state index in [1.807, 2.05) is 27.8 Å². The third-order valence-corrected chi connectivity index (χ3v) is 3.94. The minimum absolute atomic E-state index is 0.107. The van der Waals surface area contributed by atoms with Gasteiger partial charge in [0.05, 0.1) is 12.3 Å². The fourth-order valence-corrected chi connectivity index (χ4v) is 2.55. The van der Waals surface area contributed by atoms with Crippen LogP contribution in [0.4, 0.5) is 0 Å². The highest BCUT2D eigenvalue weighted by Gasteiger charge is 2.22. The van der Waals surface area contributed by atoms with Crippen molar-refractivity contribution < 1.29 is 14.4 Å². The fraction of sp³-hybridized carbons (Fsp3) is 0.562. The Morgan fingerprint density at radius 2 is 2.17 bits per heavy atom. The molecule has 2 rings (SSSR count). The third kappa shape index (κ3) is 3.79. The van der Waals surface area contributed by atoms with Crippen molar-refractivity contribution in [1.29, 1.82) is 0 Å². The summed E-state index contributed by atoms with van der Waals surface area (Å²) in [6, 6.07) is 1.68. The summed E-state index contributed by atoms with van der Waals surface area (Å²) in [5.74, 6) is 0.460. The van der Waals surface area contributed by atoms with Gasteiger partial charge >= 0.3 is 0 Å². The molecule has 7 nitrogen and oxygen atoms in total. The number of hydrogen-bond acceptors (Lipinski definition) is 5. The lowest BCUT2D eigenvalue weighted by molar-refractivity contribution is 0.0696. The van der Waals surface area contributed by atoms with E-state index in [1.54, 1.807) is 15.6 Å². The van der Waals surface area contributed by atoms with Crippen molar-refractivity contribution in [3.63, 3.8) is 0 Å². The van der Waals surface area contributed by atoms with E-state index >= 15 is 0 Å². The van der Waals surface area contributed by atoms with E-state index in [2.05, 4.69) is 10.3 Å². The van der Waals surface area contributed by atoms with Crippen molar-refractivity contribution in [3.05, 3.63) is 34.5 Å². The monoisotopic (exact) mass is 320 g/mol. The lowest BCUT2D eigenvalue weighted by atomic mass is 10.1. The first-order valence-corrected chi connectivity index (χ1v) is 7.82. The molecule has 0 aliphatic heterocycles. The van der Waals surface area contributed by atoms with Gasteiger partial charge in [-0.05, 0) is 20.3 Å². The average molecular weight is 320 g/mol. The van der Waals surface area contributed by atoms with E-state index in [-0.39, 0.29) is 24.8 Å². The van der Waals surface area contributed by atoms with Crippen molar-refractivity contribution in [3.8, 4) is 0 Å². The molecule has 2 aromatic rings. The second-order valence-electron chi connectivity index (χ2n) is 5.65. The van der Waals surface area contributed by atoms with E-state index in [0.29, 0.717) is 12.3 Å². The number of hydrogen-bond donors (Lipinski definition) is 1. The second kappa shape index (κ2) is 7.41. The number of rotatable bonds is 7. The zero-order valence-electron chi connectivity index (χ0n) is 14.2. The summed E-state index contributed by atoms with van der Waals surface area (Å²) in [6.45, 7) is 6.44. The van der Waals surface area contributed by atoms with Crippen molar-refractivity contribution in [2.45, 2.75) is 40.2 Å². The number of amides is 1. The van der Waals surface area contributed by atoms with Crippen LogP contribution in [0.5, 0.6) is 0 Å². The molecule has 0 atom stereocenters. The molecule has 0 saturated heterocycles. The van der Waals surface area contributed by atoms with Crippen molar-refractivity contribution in [1.82, 2.24) is 19.8 Å². The quantitative estimate of drug-likeness (QED) is 0.838. The Morgan fingerprint density at radius 1 is 1.43 bits per heavy atom. The molecule has 2 aromatic heterocycles. The van der Waals surface area contributed by atoms with Crippen LogP contribution in [0.25, 0.3) is 0 Å². The summed E-state index contributed by atoms with van der Waals surface area (Å²) in [4.78, 5) is 14.2. The van der Waals surface area contributed by atoms with Crippen LogP contribution in [-0.4, -0.2) is 44.0 Å². The minimum Gasteiger partial charge on any atom is -0.395 e. The molecule has 7 heteroatoms. The fourth-order valence-electron chi connectivity index (χ4n) is 2.55. The molecule has 0 radical (unpaired) electrons. The highest BCUT2D eigenvalue weighted by Crippen LogP contribution is 2.17. The molecule has 2 heterocycles. The first-order chi connectivity index (χ1) is 11.0. The summed E-state index contributed by atoms with van der Waals surface area (Å²) in [6.07, 6.45) is 1.68. The van der Waals surface area contributed by atoms with Gasteiger partial charge in [-0.15, -0.1) is 0 Å². The molecule has 0 bridgehead atoms. The number of aromatic nitrogens is 3. The molecule has 0 unspecified atom stereocenters. The average Bonchev–Trinajstić information content (AvgIpc) is 3.07. The van der Waals surface area contributed by atoms with Gasteiger partial charge in [0.25, 0.3) is 5.91 Å². The SMILES string of the molecule is CCCc1cc(C(=O)N(CCO)Cc2c(C)nn(C)c2C)no1. The summed E-state index contributed by atoms with van der Waals surface area (Å²) in [5.41, 5.74) is 3.16. The zero-order valence-corrected chi connectivity index (χ0v) is 14.2. The summed E-state index contributed by atoms with van der Waals surface area (Å²) >= 11 is 0. The van der Waals surface area contributed by atoms with Gasteiger partial charge in [0.1, 0.15) is 5.76 Å². The molecule has 0 saturated carbocycles. The Kier molecular flexibility index (Phi) is 5.54. The van der Waals surface area contributed by atoms with Gasteiger partial charge in [0, 0.05) is 43.9 Å². The van der Waals surface area contributed by atoms with Crippen LogP contribution >= 0.6 is 0 Å². The van der Waals surface area contributed by atoms with Crippen LogP contribution in [-0.2, 0) is 20.0 Å². The van der Waals surface area contributed by atoms with Gasteiger partial charge in [-0.25, -0.2) is 0 Å². The molecule has 0 spiro atoms. The molecule has 0 aliphatic rings. The lowest BCUT2D eigenvalue weighted by Crippen LogP contribution is -2.33. The van der Waals surface area contributed by atoms with Crippen LogP contribution < -0.4 is 0 Å². The van der Waals surface area contributed by atoms with E-state index in [0.717, 1.165) is 29.8 Å². The molecule has 0 fully saturated rings. The summed E-state index contributed by atoms with van der Waals surface area (Å²) < 4.78 is 6.97. The zero-order chi connectivity index (χ0) is 17.0. The van der Waals surface area contributed by atoms with E-state index in [1.165, 1.54) is 0 Å². The van der Waals surface area contributed by atoms with Gasteiger partial charge in [-0.2, -0.15) is 5.10 Å². The number of aryl methyl sites for hydroxylation is 3. The van der Waals surface area contributed by atoms with Gasteiger partial charge in [0.15, 0.2) is 5.69 Å². The Hall–Kier alpha value is -2.15. The van der Waals surface area contributed by atoms with Crippen LogP contribution in [0.15, 0.2) is 10.6 Å². The van der Waals surface area contributed by atoms with Gasteiger partial charge < -0.3 is 14.5 Å². The number of aliphatic hydroxyl groups excluding tert-OH is 1. The molecule has 1 amide bonds. The standard InChI is InChI=1S/C16H24N4O3/c1-5-6-13-9-15(18-23-13)16(22)20(7-8-21)10-14-11(2)17-19(4)12(14)3/h9,21H,5-8,10H2,1-4H3. The Morgan fingerprint density at radius 3 is 2.74 bits per heavy atom. The molecular weight excluding hydrogens is 296 g/mol. The molecular formula is C16H24N4O3.